The number of ether oxygens (including phenoxy) is 1. The first kappa shape index (κ1) is 41.4. The van der Waals surface area contributed by atoms with Gasteiger partial charge < -0.3 is 66.4 Å². The Kier molecular flexibility index (Phi) is 26.5. The van der Waals surface area contributed by atoms with E-state index in [1.165, 1.54) is 0 Å². The smallest absolute Gasteiger partial charge is 0.550 e. The van der Waals surface area contributed by atoms with Gasteiger partial charge in [-0.1, -0.05) is 13.8 Å². The minimum absolute atomic E-state index is 0. The van der Waals surface area contributed by atoms with Crippen LogP contribution in [-0.2, 0) is 23.9 Å². The quantitative estimate of drug-likeness (QED) is 0.122. The Balaban J connectivity index is -0.000000108. The number of esters is 1. The number of carbonyl (C=O) groups excluding carboxylic acids is 5. The van der Waals surface area contributed by atoms with Crippen molar-refractivity contribution in [1.82, 2.24) is 4.90 Å². The summed E-state index contributed by atoms with van der Waals surface area (Å²) in [4.78, 5) is 52.5. The van der Waals surface area contributed by atoms with Crippen molar-refractivity contribution in [1.29, 1.82) is 0 Å². The van der Waals surface area contributed by atoms with Crippen molar-refractivity contribution in [2.45, 2.75) is 38.8 Å². The maximum absolute atomic E-state index is 11.6. The van der Waals surface area contributed by atoms with E-state index in [0.717, 1.165) is 19.6 Å². The predicted octanol–water partition coefficient (Wildman–Crippen LogP) is -5.56. The first-order valence-electron chi connectivity index (χ1n) is 10.3. The number of nitrogens with zero attached hydrogens (tertiary/aromatic N) is 1. The van der Waals surface area contributed by atoms with Gasteiger partial charge in [-0.2, -0.15) is 0 Å². The molecule has 6 N–H and O–H groups in total. The van der Waals surface area contributed by atoms with Crippen molar-refractivity contribution in [3.63, 3.8) is 0 Å². The number of anilines is 1. The SMILES string of the molecule is CCN(CC)CCOC(=O)c1ccc(N)cc1.Cl.NC(CC(=O)[O-])C(=O)[O-].NC(CC(=O)[O-])C(=O)[O-].[H+].[H+].[Mg+2]. The molecule has 14 nitrogen and oxygen atoms in total. The van der Waals surface area contributed by atoms with Crippen LogP contribution in [0.1, 0.15) is 39.9 Å². The van der Waals surface area contributed by atoms with Gasteiger partial charge in [0.05, 0.1) is 17.5 Å². The van der Waals surface area contributed by atoms with E-state index < -0.39 is 48.8 Å². The van der Waals surface area contributed by atoms with Crippen LogP contribution in [0.4, 0.5) is 5.69 Å². The average molecular weight is 561 g/mol. The second-order valence-corrected chi connectivity index (χ2v) is 6.79. The molecule has 0 aromatic heterocycles. The van der Waals surface area contributed by atoms with Crippen molar-refractivity contribution in [3.8, 4) is 0 Å². The van der Waals surface area contributed by atoms with Gasteiger partial charge in [-0.15, -0.1) is 12.4 Å². The number of rotatable bonds is 12. The van der Waals surface area contributed by atoms with Gasteiger partial charge >= 0.3 is 31.9 Å². The van der Waals surface area contributed by atoms with Gasteiger partial charge in [-0.3, -0.25) is 0 Å². The first-order chi connectivity index (χ1) is 16.2. The number of benzene rings is 1. The molecule has 2 atom stereocenters. The van der Waals surface area contributed by atoms with Crippen molar-refractivity contribution >= 4 is 71.0 Å². The Hall–Kier alpha value is -2.69. The van der Waals surface area contributed by atoms with Crippen molar-refractivity contribution in [2.75, 3.05) is 32.0 Å². The number of halogens is 1. The molecule has 1 aromatic rings. The zero-order chi connectivity index (χ0) is 27.6. The molecular formula is C21H33ClMgN4O10. The summed E-state index contributed by atoms with van der Waals surface area (Å²) in [5.74, 6) is -6.45. The van der Waals surface area contributed by atoms with Crippen LogP contribution < -0.4 is 37.6 Å². The van der Waals surface area contributed by atoms with Crippen LogP contribution in [0.5, 0.6) is 0 Å². The largest absolute Gasteiger partial charge is 2.00 e. The normalized spacial score (nSPS) is 10.9. The fraction of sp³-hybridized carbons (Fsp3) is 0.476. The number of hydrogen-bond donors (Lipinski definition) is 3. The van der Waals surface area contributed by atoms with Gasteiger partial charge in [0.25, 0.3) is 0 Å². The third-order valence-corrected chi connectivity index (χ3v) is 4.06. The number of likely N-dealkylation sites (N-methyl/N-ethyl adjacent to an activating group) is 1. The second kappa shape index (κ2) is 23.7. The van der Waals surface area contributed by atoms with Crippen LogP contribution in [0, 0.1) is 0 Å². The number of hydrogen-bond acceptors (Lipinski definition) is 14. The third-order valence-electron chi connectivity index (χ3n) is 4.06. The molecule has 16 heteroatoms. The zero-order valence-corrected chi connectivity index (χ0v) is 22.8. The van der Waals surface area contributed by atoms with Crippen LogP contribution in [0.2, 0.25) is 0 Å². The summed E-state index contributed by atoms with van der Waals surface area (Å²) in [6.07, 6.45) is -1.41. The molecule has 0 aliphatic heterocycles. The topological polar surface area (TPSA) is 268 Å². The standard InChI is InChI=1S/C13H20N2O2.2C4H7NO4.ClH.Mg/c1-3-15(4-2)9-10-17-13(16)11-5-7-12(14)8-6-11;2*5-2(4(8)9)1-3(6)7;;/h5-8H,3-4,9-10,14H2,1-2H3;2*2H,1,5H2,(H,6,7)(H,8,9);1H;/q;;;;+2/p-2. The summed E-state index contributed by atoms with van der Waals surface area (Å²) in [6, 6.07) is 3.82. The van der Waals surface area contributed by atoms with Crippen molar-refractivity contribution in [3.05, 3.63) is 29.8 Å². The predicted molar refractivity (Wildman–Crippen MR) is 129 cm³/mol. The van der Waals surface area contributed by atoms with Gasteiger partial charge in [0.2, 0.25) is 0 Å². The van der Waals surface area contributed by atoms with E-state index in [1.807, 2.05) is 0 Å². The number of nitrogens with two attached hydrogens (primary N) is 3. The molecule has 1 aromatic carbocycles. The van der Waals surface area contributed by atoms with Gasteiger partial charge in [-0.05, 0) is 37.4 Å². The zero-order valence-electron chi connectivity index (χ0n) is 22.6. The number of carboxylic acid groups (broad SMARTS) is 4. The molecule has 0 spiro atoms. The Labute approximate surface area is 239 Å². The Morgan fingerprint density at radius 2 is 1.24 bits per heavy atom. The number of nitrogen functional groups attached to an aromatic ring is 1. The molecular weight excluding hydrogens is 528 g/mol. The van der Waals surface area contributed by atoms with Crippen molar-refractivity contribution in [2.24, 2.45) is 11.5 Å². The summed E-state index contributed by atoms with van der Waals surface area (Å²) in [6.45, 7) is 7.31. The molecule has 0 aliphatic rings. The number of carboxylic acids is 4. The molecule has 0 radical (unpaired) electrons. The molecule has 0 amide bonds. The van der Waals surface area contributed by atoms with E-state index >= 15 is 0 Å². The van der Waals surface area contributed by atoms with E-state index in [9.17, 15) is 44.4 Å². The van der Waals surface area contributed by atoms with E-state index in [2.05, 4.69) is 18.7 Å². The average Bonchev–Trinajstić information content (AvgIpc) is 2.77. The molecule has 206 valence electrons. The summed E-state index contributed by atoms with van der Waals surface area (Å²) in [7, 11) is 0. The minimum Gasteiger partial charge on any atom is -0.550 e. The molecule has 0 heterocycles. The van der Waals surface area contributed by atoms with Crippen LogP contribution >= 0.6 is 12.4 Å². The maximum Gasteiger partial charge on any atom is 2.00 e. The molecule has 1 rings (SSSR count). The minimum atomic E-state index is -1.58. The third kappa shape index (κ3) is 23.5. The van der Waals surface area contributed by atoms with E-state index in [0.29, 0.717) is 17.9 Å². The molecule has 0 fully saturated rings. The fourth-order valence-electron chi connectivity index (χ4n) is 2.04. The van der Waals surface area contributed by atoms with E-state index in [4.69, 9.17) is 21.9 Å². The summed E-state index contributed by atoms with van der Waals surface area (Å²) >= 11 is 0. The van der Waals surface area contributed by atoms with Crippen LogP contribution in [-0.4, -0.2) is 96.1 Å². The molecule has 0 aliphatic carbocycles. The molecule has 0 saturated heterocycles. The van der Waals surface area contributed by atoms with Gasteiger partial charge in [-0.25, -0.2) is 4.79 Å². The fourth-order valence-corrected chi connectivity index (χ4v) is 2.04. The summed E-state index contributed by atoms with van der Waals surface area (Å²) < 4.78 is 5.18. The van der Waals surface area contributed by atoms with Crippen molar-refractivity contribution < 1.29 is 52.0 Å². The first-order valence-corrected chi connectivity index (χ1v) is 10.3. The molecule has 37 heavy (non-hydrogen) atoms. The molecule has 0 saturated carbocycles. The maximum atomic E-state index is 11.6. The Bertz CT molecular complexity index is 805. The van der Waals surface area contributed by atoms with Gasteiger partial charge in [0.15, 0.2) is 0 Å². The number of carbonyl (C=O) groups is 5. The summed E-state index contributed by atoms with van der Waals surface area (Å²) in [5.41, 5.74) is 16.2. The summed E-state index contributed by atoms with van der Waals surface area (Å²) in [5, 5.41) is 38.7. The Morgan fingerprint density at radius 3 is 1.51 bits per heavy atom. The number of aliphatic carboxylic acids is 4. The van der Waals surface area contributed by atoms with Gasteiger partial charge in [0, 0.05) is 49.1 Å². The molecule has 0 bridgehead atoms. The van der Waals surface area contributed by atoms with E-state index in [-0.39, 0.29) is 44.3 Å². The van der Waals surface area contributed by atoms with Crippen LogP contribution in [0.25, 0.3) is 0 Å². The second-order valence-electron chi connectivity index (χ2n) is 6.79. The van der Waals surface area contributed by atoms with E-state index in [1.54, 1.807) is 24.3 Å². The molecule has 2 unspecified atom stereocenters. The van der Waals surface area contributed by atoms with Crippen LogP contribution in [0.3, 0.4) is 0 Å². The Morgan fingerprint density at radius 1 is 0.865 bits per heavy atom. The van der Waals surface area contributed by atoms with Gasteiger partial charge in [0.1, 0.15) is 6.61 Å². The monoisotopic (exact) mass is 560 g/mol. The van der Waals surface area contributed by atoms with Crippen LogP contribution in [0.15, 0.2) is 24.3 Å².